The monoisotopic (exact) mass is 481 g/mol. The van der Waals surface area contributed by atoms with Gasteiger partial charge in [0.2, 0.25) is 5.82 Å². The number of rotatable bonds is 9. The molecule has 0 aliphatic rings. The second kappa shape index (κ2) is 10.8. The Morgan fingerprint density at radius 3 is 2.51 bits per heavy atom. The van der Waals surface area contributed by atoms with Crippen molar-refractivity contribution in [1.29, 1.82) is 0 Å². The topological polar surface area (TPSA) is 85.8 Å². The van der Waals surface area contributed by atoms with E-state index in [9.17, 15) is 4.79 Å². The lowest BCUT2D eigenvalue weighted by atomic mass is 10.1. The molecule has 3 aromatic heterocycles. The Kier molecular flexibility index (Phi) is 7.00. The number of amides is 1. The molecule has 0 fully saturated rings. The van der Waals surface area contributed by atoms with E-state index in [4.69, 9.17) is 4.42 Å². The molecule has 5 rings (SSSR count). The van der Waals surface area contributed by atoms with Crippen molar-refractivity contribution in [2.45, 2.75) is 24.0 Å². The third-order valence-corrected chi connectivity index (χ3v) is 6.44. The van der Waals surface area contributed by atoms with E-state index < -0.39 is 0 Å². The van der Waals surface area contributed by atoms with Crippen LogP contribution in [0.5, 0.6) is 0 Å². The molecule has 5 aromatic rings. The highest BCUT2D eigenvalue weighted by molar-refractivity contribution is 7.98. The lowest BCUT2D eigenvalue weighted by Crippen LogP contribution is -2.22. The van der Waals surface area contributed by atoms with Gasteiger partial charge in [0.05, 0.1) is 12.8 Å². The van der Waals surface area contributed by atoms with Crippen molar-refractivity contribution in [2.24, 2.45) is 0 Å². The molecule has 0 unspecified atom stereocenters. The highest BCUT2D eigenvalue weighted by atomic mass is 32.2. The van der Waals surface area contributed by atoms with Crippen molar-refractivity contribution in [3.05, 3.63) is 120 Å². The van der Waals surface area contributed by atoms with Gasteiger partial charge in [-0.15, -0.1) is 10.2 Å². The Bertz CT molecular complexity index is 1390. The Balaban J connectivity index is 1.30. The van der Waals surface area contributed by atoms with Crippen LogP contribution in [-0.2, 0) is 18.8 Å². The maximum atomic E-state index is 12.7. The molecule has 2 aromatic carbocycles. The van der Waals surface area contributed by atoms with Crippen LogP contribution in [0, 0.1) is 0 Å². The normalized spacial score (nSPS) is 10.9. The van der Waals surface area contributed by atoms with Gasteiger partial charge in [-0.3, -0.25) is 14.3 Å². The van der Waals surface area contributed by atoms with Crippen molar-refractivity contribution in [1.82, 2.24) is 25.1 Å². The lowest BCUT2D eigenvalue weighted by molar-refractivity contribution is 0.0951. The highest BCUT2D eigenvalue weighted by Gasteiger charge is 2.17. The number of hydrogen-bond acceptors (Lipinski definition) is 6. The van der Waals surface area contributed by atoms with Gasteiger partial charge < -0.3 is 9.73 Å². The van der Waals surface area contributed by atoms with Crippen LogP contribution >= 0.6 is 11.8 Å². The summed E-state index contributed by atoms with van der Waals surface area (Å²) >= 11 is 1.58. The van der Waals surface area contributed by atoms with Crippen LogP contribution < -0.4 is 5.32 Å². The first-order valence-electron chi connectivity index (χ1n) is 11.2. The van der Waals surface area contributed by atoms with Gasteiger partial charge in [0.15, 0.2) is 10.9 Å². The largest absolute Gasteiger partial charge is 0.461 e. The Morgan fingerprint density at radius 1 is 0.886 bits per heavy atom. The van der Waals surface area contributed by atoms with E-state index in [1.807, 2.05) is 66.7 Å². The van der Waals surface area contributed by atoms with Crippen LogP contribution in [0.1, 0.15) is 27.0 Å². The third kappa shape index (κ3) is 5.67. The SMILES string of the molecule is O=C(NCc1ccncc1)c1cccc(CSc2nnc(-c3ccco3)n2Cc2ccccc2)c1. The number of furan rings is 1. The van der Waals surface area contributed by atoms with E-state index in [0.29, 0.717) is 36.0 Å². The number of hydrogen-bond donors (Lipinski definition) is 1. The first-order chi connectivity index (χ1) is 17.3. The van der Waals surface area contributed by atoms with Crippen molar-refractivity contribution >= 4 is 17.7 Å². The zero-order valence-corrected chi connectivity index (χ0v) is 19.7. The Morgan fingerprint density at radius 2 is 1.71 bits per heavy atom. The van der Waals surface area contributed by atoms with Crippen molar-refractivity contribution < 1.29 is 9.21 Å². The quantitative estimate of drug-likeness (QED) is 0.291. The molecule has 0 atom stereocenters. The van der Waals surface area contributed by atoms with E-state index in [1.54, 1.807) is 30.4 Å². The summed E-state index contributed by atoms with van der Waals surface area (Å²) in [6.45, 7) is 1.09. The van der Waals surface area contributed by atoms with Gasteiger partial charge in [-0.25, -0.2) is 0 Å². The predicted octanol–water partition coefficient (Wildman–Crippen LogP) is 5.20. The molecular formula is C27H23N5O2S. The van der Waals surface area contributed by atoms with Crippen LogP contribution in [0.25, 0.3) is 11.6 Å². The van der Waals surface area contributed by atoms with Gasteiger partial charge in [0, 0.05) is 30.3 Å². The maximum absolute atomic E-state index is 12.7. The summed E-state index contributed by atoms with van der Waals surface area (Å²) < 4.78 is 7.65. The number of thioether (sulfide) groups is 1. The minimum absolute atomic E-state index is 0.110. The summed E-state index contributed by atoms with van der Waals surface area (Å²) in [6.07, 6.45) is 5.06. The lowest BCUT2D eigenvalue weighted by Gasteiger charge is -2.10. The van der Waals surface area contributed by atoms with Crippen LogP contribution in [0.4, 0.5) is 0 Å². The summed E-state index contributed by atoms with van der Waals surface area (Å²) in [7, 11) is 0. The molecule has 0 aliphatic heterocycles. The molecule has 7 nitrogen and oxygen atoms in total. The third-order valence-electron chi connectivity index (χ3n) is 5.40. The maximum Gasteiger partial charge on any atom is 0.251 e. The smallest absolute Gasteiger partial charge is 0.251 e. The molecule has 8 heteroatoms. The molecule has 0 spiro atoms. The van der Waals surface area contributed by atoms with E-state index in [1.165, 1.54) is 0 Å². The zero-order chi connectivity index (χ0) is 23.9. The molecule has 0 radical (unpaired) electrons. The second-order valence-corrected chi connectivity index (χ2v) is 8.82. The Labute approximate surface area is 207 Å². The minimum Gasteiger partial charge on any atom is -0.461 e. The first-order valence-corrected chi connectivity index (χ1v) is 12.1. The average Bonchev–Trinajstić information content (AvgIpc) is 3.58. The number of carbonyl (C=O) groups excluding carboxylic acids is 1. The molecule has 0 bridgehead atoms. The van der Waals surface area contributed by atoms with Crippen molar-refractivity contribution in [2.75, 3.05) is 0 Å². The van der Waals surface area contributed by atoms with E-state index >= 15 is 0 Å². The summed E-state index contributed by atoms with van der Waals surface area (Å²) in [5.74, 6) is 1.90. The molecular weight excluding hydrogens is 458 g/mol. The molecule has 1 N–H and O–H groups in total. The number of benzene rings is 2. The van der Waals surface area contributed by atoms with Gasteiger partial charge >= 0.3 is 0 Å². The summed E-state index contributed by atoms with van der Waals surface area (Å²) in [6, 6.07) is 25.3. The molecule has 3 heterocycles. The number of nitrogens with one attached hydrogen (secondary N) is 1. The van der Waals surface area contributed by atoms with Gasteiger partial charge in [-0.05, 0) is 53.1 Å². The molecule has 0 saturated heterocycles. The number of nitrogens with zero attached hydrogens (tertiary/aromatic N) is 4. The van der Waals surface area contributed by atoms with Crippen LogP contribution in [-0.4, -0.2) is 25.7 Å². The van der Waals surface area contributed by atoms with E-state index in [2.05, 4.69) is 37.2 Å². The zero-order valence-electron chi connectivity index (χ0n) is 18.9. The molecule has 0 aliphatic carbocycles. The van der Waals surface area contributed by atoms with Crippen LogP contribution in [0.2, 0.25) is 0 Å². The summed E-state index contributed by atoms with van der Waals surface area (Å²) in [4.78, 5) is 16.7. The minimum atomic E-state index is -0.110. The first kappa shape index (κ1) is 22.6. The van der Waals surface area contributed by atoms with Gasteiger partial charge in [-0.1, -0.05) is 54.2 Å². The van der Waals surface area contributed by atoms with Gasteiger partial charge in [0.1, 0.15) is 0 Å². The predicted molar refractivity (Wildman–Crippen MR) is 135 cm³/mol. The van der Waals surface area contributed by atoms with Gasteiger partial charge in [-0.2, -0.15) is 0 Å². The molecule has 0 saturated carbocycles. The standard InChI is InChI=1S/C27H23N5O2S/c33-26(29-17-20-11-13-28-14-12-20)23-9-4-8-22(16-23)19-35-27-31-30-25(24-10-5-15-34-24)32(27)18-21-6-2-1-3-7-21/h1-16H,17-19H2,(H,29,33). The van der Waals surface area contributed by atoms with Crippen molar-refractivity contribution in [3.63, 3.8) is 0 Å². The fourth-order valence-electron chi connectivity index (χ4n) is 3.63. The van der Waals surface area contributed by atoms with E-state index in [0.717, 1.165) is 21.8 Å². The number of carbonyl (C=O) groups is 1. The van der Waals surface area contributed by atoms with Gasteiger partial charge in [0.25, 0.3) is 5.91 Å². The average molecular weight is 482 g/mol. The second-order valence-electron chi connectivity index (χ2n) is 7.88. The molecule has 174 valence electrons. The fraction of sp³-hybridized carbons (Fsp3) is 0.111. The molecule has 1 amide bonds. The Hall–Kier alpha value is -4.17. The van der Waals surface area contributed by atoms with Crippen LogP contribution in [0.15, 0.2) is 107 Å². The number of aromatic nitrogens is 4. The number of pyridine rings is 1. The highest BCUT2D eigenvalue weighted by Crippen LogP contribution is 2.28. The summed E-state index contributed by atoms with van der Waals surface area (Å²) in [5.41, 5.74) is 3.81. The molecule has 35 heavy (non-hydrogen) atoms. The van der Waals surface area contributed by atoms with Crippen LogP contribution in [0.3, 0.4) is 0 Å². The summed E-state index contributed by atoms with van der Waals surface area (Å²) in [5, 5.41) is 12.6. The van der Waals surface area contributed by atoms with Crippen molar-refractivity contribution in [3.8, 4) is 11.6 Å². The van der Waals surface area contributed by atoms with E-state index in [-0.39, 0.29) is 5.91 Å². The fourth-order valence-corrected chi connectivity index (χ4v) is 4.51.